The van der Waals surface area contributed by atoms with Crippen LogP contribution in [0.1, 0.15) is 37.1 Å². The molecule has 3 aliphatic rings. The molecule has 2 atom stereocenters. The Balaban J connectivity index is 0.000000383. The average Bonchev–Trinajstić information content (AvgIpc) is 3.39. The molecule has 2 unspecified atom stereocenters. The lowest BCUT2D eigenvalue weighted by Gasteiger charge is -2.39. The van der Waals surface area contributed by atoms with Gasteiger partial charge in [0.05, 0.1) is 30.2 Å². The summed E-state index contributed by atoms with van der Waals surface area (Å²) in [6.45, 7) is 5.82. The predicted octanol–water partition coefficient (Wildman–Crippen LogP) is 2.40. The molecular formula is C22H28F3N3O5. The lowest BCUT2D eigenvalue weighted by molar-refractivity contribution is -0.192. The maximum absolute atomic E-state index is 13.2. The van der Waals surface area contributed by atoms with Gasteiger partial charge < -0.3 is 19.6 Å². The van der Waals surface area contributed by atoms with Gasteiger partial charge in [-0.25, -0.2) is 4.79 Å². The fourth-order valence-electron chi connectivity index (χ4n) is 4.61. The van der Waals surface area contributed by atoms with Crippen LogP contribution in [-0.2, 0) is 25.7 Å². The van der Waals surface area contributed by atoms with Crippen molar-refractivity contribution in [3.05, 3.63) is 29.6 Å². The van der Waals surface area contributed by atoms with Gasteiger partial charge in [0.15, 0.2) is 0 Å². The number of ether oxygens (including phenoxy) is 1. The molecule has 0 radical (unpaired) electrons. The maximum atomic E-state index is 13.2. The van der Waals surface area contributed by atoms with Gasteiger partial charge in [0.25, 0.3) is 0 Å². The molecule has 1 spiro atoms. The van der Waals surface area contributed by atoms with Gasteiger partial charge >= 0.3 is 12.1 Å². The lowest BCUT2D eigenvalue weighted by Crippen LogP contribution is -2.51. The van der Waals surface area contributed by atoms with Crippen molar-refractivity contribution in [1.29, 1.82) is 0 Å². The molecule has 0 bridgehead atoms. The molecule has 33 heavy (non-hydrogen) atoms. The van der Waals surface area contributed by atoms with Crippen molar-refractivity contribution in [2.75, 3.05) is 32.8 Å². The van der Waals surface area contributed by atoms with Crippen LogP contribution >= 0.6 is 0 Å². The van der Waals surface area contributed by atoms with E-state index >= 15 is 0 Å². The third-order valence-electron chi connectivity index (χ3n) is 6.31. The number of hydrogen-bond donors (Lipinski definition) is 1. The van der Waals surface area contributed by atoms with Gasteiger partial charge in [0, 0.05) is 31.9 Å². The van der Waals surface area contributed by atoms with Gasteiger partial charge in [0.1, 0.15) is 0 Å². The Morgan fingerprint density at radius 2 is 2.00 bits per heavy atom. The molecule has 11 heteroatoms. The molecule has 0 aromatic carbocycles. The second-order valence-corrected chi connectivity index (χ2v) is 8.75. The Kier molecular flexibility index (Phi) is 7.61. The van der Waals surface area contributed by atoms with Crippen molar-refractivity contribution in [3.8, 4) is 0 Å². The number of aryl methyl sites for hydroxylation is 1. The van der Waals surface area contributed by atoms with Crippen LogP contribution < -0.4 is 0 Å². The second-order valence-electron chi connectivity index (χ2n) is 8.75. The number of carbonyl (C=O) groups is 3. The van der Waals surface area contributed by atoms with Gasteiger partial charge in [-0.15, -0.1) is 0 Å². The minimum Gasteiger partial charge on any atom is -0.475 e. The standard InChI is InChI=1S/C20H27N3O3.C2HF3O2/c1-15-4-2-5-17(21-15)12-22-10-8-20(19(22)25)7-3-9-23(14-20)18(24)16-6-11-26-13-16;3-2(4,5)1(6)7/h2,4-5,16H,3,6-14H2,1H3;(H,6,7). The molecule has 4 rings (SSSR count). The van der Waals surface area contributed by atoms with Crippen molar-refractivity contribution in [1.82, 2.24) is 14.8 Å². The summed E-state index contributed by atoms with van der Waals surface area (Å²) in [5.74, 6) is -2.41. The number of aromatic nitrogens is 1. The first-order valence-electron chi connectivity index (χ1n) is 10.9. The van der Waals surface area contributed by atoms with E-state index in [0.29, 0.717) is 26.3 Å². The largest absolute Gasteiger partial charge is 0.490 e. The average molecular weight is 471 g/mol. The highest BCUT2D eigenvalue weighted by Gasteiger charge is 2.50. The number of carbonyl (C=O) groups excluding carboxylic acids is 2. The predicted molar refractivity (Wildman–Crippen MR) is 110 cm³/mol. The van der Waals surface area contributed by atoms with E-state index in [1.54, 1.807) is 0 Å². The normalized spacial score (nSPS) is 25.2. The molecule has 2 amide bonds. The first-order chi connectivity index (χ1) is 15.5. The zero-order valence-electron chi connectivity index (χ0n) is 18.4. The number of amides is 2. The molecule has 1 N–H and O–H groups in total. The SMILES string of the molecule is Cc1cccc(CN2CCC3(CCCN(C(=O)C4CCOC4)C3)C2=O)n1.O=C(O)C(F)(F)F. The Labute approximate surface area is 189 Å². The summed E-state index contributed by atoms with van der Waals surface area (Å²) in [5, 5.41) is 7.12. The highest BCUT2D eigenvalue weighted by Crippen LogP contribution is 2.41. The summed E-state index contributed by atoms with van der Waals surface area (Å²) in [6, 6.07) is 5.93. The van der Waals surface area contributed by atoms with Gasteiger partial charge in [-0.05, 0) is 44.7 Å². The van der Waals surface area contributed by atoms with Crippen molar-refractivity contribution < 1.29 is 37.4 Å². The van der Waals surface area contributed by atoms with Crippen LogP contribution in [0.5, 0.6) is 0 Å². The molecule has 3 fully saturated rings. The minimum absolute atomic E-state index is 0.0192. The molecule has 4 heterocycles. The minimum atomic E-state index is -5.08. The summed E-state index contributed by atoms with van der Waals surface area (Å²) in [4.78, 5) is 43.2. The number of carboxylic acid groups (broad SMARTS) is 1. The quantitative estimate of drug-likeness (QED) is 0.727. The first-order valence-corrected chi connectivity index (χ1v) is 10.9. The fourth-order valence-corrected chi connectivity index (χ4v) is 4.61. The number of aliphatic carboxylic acids is 1. The van der Waals surface area contributed by atoms with Crippen LogP contribution in [0.2, 0.25) is 0 Å². The van der Waals surface area contributed by atoms with Crippen LogP contribution in [-0.4, -0.2) is 76.7 Å². The third-order valence-corrected chi connectivity index (χ3v) is 6.31. The zero-order chi connectivity index (χ0) is 24.2. The van der Waals surface area contributed by atoms with E-state index in [1.807, 2.05) is 34.9 Å². The number of likely N-dealkylation sites (tertiary alicyclic amines) is 2. The Hall–Kier alpha value is -2.69. The number of nitrogens with zero attached hydrogens (tertiary/aromatic N) is 3. The van der Waals surface area contributed by atoms with E-state index in [2.05, 4.69) is 4.98 Å². The zero-order valence-corrected chi connectivity index (χ0v) is 18.4. The van der Waals surface area contributed by atoms with Crippen molar-refractivity contribution in [2.45, 2.75) is 45.3 Å². The number of alkyl halides is 3. The summed E-state index contributed by atoms with van der Waals surface area (Å²) in [7, 11) is 0. The highest BCUT2D eigenvalue weighted by molar-refractivity contribution is 5.87. The second kappa shape index (κ2) is 10.1. The summed E-state index contributed by atoms with van der Waals surface area (Å²) in [5.41, 5.74) is 1.51. The van der Waals surface area contributed by atoms with Crippen LogP contribution in [0.25, 0.3) is 0 Å². The molecule has 3 aliphatic heterocycles. The number of piperidine rings is 1. The van der Waals surface area contributed by atoms with E-state index in [0.717, 1.165) is 50.2 Å². The van der Waals surface area contributed by atoms with Gasteiger partial charge in [-0.3, -0.25) is 14.6 Å². The Morgan fingerprint density at radius 3 is 2.61 bits per heavy atom. The van der Waals surface area contributed by atoms with Crippen LogP contribution in [0, 0.1) is 18.3 Å². The van der Waals surface area contributed by atoms with Gasteiger partial charge in [-0.1, -0.05) is 6.07 Å². The van der Waals surface area contributed by atoms with E-state index in [9.17, 15) is 22.8 Å². The van der Waals surface area contributed by atoms with Crippen molar-refractivity contribution in [3.63, 3.8) is 0 Å². The van der Waals surface area contributed by atoms with Gasteiger partial charge in [0.2, 0.25) is 11.8 Å². The molecule has 0 aliphatic carbocycles. The van der Waals surface area contributed by atoms with E-state index in [1.165, 1.54) is 0 Å². The number of rotatable bonds is 3. The molecule has 3 saturated heterocycles. The van der Waals surface area contributed by atoms with E-state index in [-0.39, 0.29) is 17.7 Å². The third kappa shape index (κ3) is 6.01. The number of halogens is 3. The van der Waals surface area contributed by atoms with Crippen LogP contribution in [0.4, 0.5) is 13.2 Å². The summed E-state index contributed by atoms with van der Waals surface area (Å²) in [6.07, 6.45) is -1.65. The molecule has 8 nitrogen and oxygen atoms in total. The topological polar surface area (TPSA) is 100 Å². The summed E-state index contributed by atoms with van der Waals surface area (Å²) < 4.78 is 37.1. The van der Waals surface area contributed by atoms with E-state index in [4.69, 9.17) is 14.6 Å². The molecule has 1 aromatic rings. The molecule has 1 aromatic heterocycles. The van der Waals surface area contributed by atoms with Crippen LogP contribution in [0.3, 0.4) is 0 Å². The van der Waals surface area contributed by atoms with Crippen molar-refractivity contribution >= 4 is 17.8 Å². The van der Waals surface area contributed by atoms with Crippen molar-refractivity contribution in [2.24, 2.45) is 11.3 Å². The number of hydrogen-bond acceptors (Lipinski definition) is 5. The Bertz CT molecular complexity index is 888. The number of pyridine rings is 1. The Morgan fingerprint density at radius 1 is 1.27 bits per heavy atom. The first kappa shape index (κ1) is 24.9. The lowest BCUT2D eigenvalue weighted by atomic mass is 9.78. The monoisotopic (exact) mass is 471 g/mol. The summed E-state index contributed by atoms with van der Waals surface area (Å²) >= 11 is 0. The molecular weight excluding hydrogens is 443 g/mol. The van der Waals surface area contributed by atoms with Gasteiger partial charge in [-0.2, -0.15) is 13.2 Å². The van der Waals surface area contributed by atoms with Crippen LogP contribution in [0.15, 0.2) is 18.2 Å². The highest BCUT2D eigenvalue weighted by atomic mass is 19.4. The smallest absolute Gasteiger partial charge is 0.475 e. The number of carboxylic acids is 1. The molecule has 0 saturated carbocycles. The van der Waals surface area contributed by atoms with E-state index < -0.39 is 17.6 Å². The fraction of sp³-hybridized carbons (Fsp3) is 0.636. The molecule has 182 valence electrons. The maximum Gasteiger partial charge on any atom is 0.490 e.